The fourth-order valence-corrected chi connectivity index (χ4v) is 2.61. The molecule has 0 aromatic heterocycles. The van der Waals surface area contributed by atoms with Crippen LogP contribution in [0.15, 0.2) is 24.3 Å². The van der Waals surface area contributed by atoms with Crippen LogP contribution in [0.5, 0.6) is 0 Å². The number of carbonyl (C=O) groups is 1. The van der Waals surface area contributed by atoms with Gasteiger partial charge in [0.15, 0.2) is 0 Å². The molecule has 0 atom stereocenters. The van der Waals surface area contributed by atoms with Gasteiger partial charge in [-0.1, -0.05) is 12.1 Å². The summed E-state index contributed by atoms with van der Waals surface area (Å²) < 4.78 is 4.75. The summed E-state index contributed by atoms with van der Waals surface area (Å²) in [5.74, 6) is -0.196. The fraction of sp³-hybridized carbons (Fsp3) is 0.500. The SMILES string of the molecule is COC(=O)C1CCC(Nc2ccccc2[N+](=O)[O-])CC1. The van der Waals surface area contributed by atoms with E-state index in [1.807, 2.05) is 0 Å². The van der Waals surface area contributed by atoms with Crippen molar-refractivity contribution in [1.82, 2.24) is 0 Å². The molecule has 0 radical (unpaired) electrons. The number of para-hydroxylation sites is 2. The lowest BCUT2D eigenvalue weighted by atomic mass is 9.86. The largest absolute Gasteiger partial charge is 0.469 e. The second-order valence-corrected chi connectivity index (χ2v) is 4.99. The molecule has 1 aliphatic carbocycles. The number of ether oxygens (including phenoxy) is 1. The van der Waals surface area contributed by atoms with Crippen LogP contribution in [0, 0.1) is 16.0 Å². The van der Waals surface area contributed by atoms with Gasteiger partial charge in [0.05, 0.1) is 18.0 Å². The van der Waals surface area contributed by atoms with E-state index in [9.17, 15) is 14.9 Å². The number of nitrogens with one attached hydrogen (secondary N) is 1. The Hall–Kier alpha value is -2.11. The van der Waals surface area contributed by atoms with Gasteiger partial charge >= 0.3 is 5.97 Å². The van der Waals surface area contributed by atoms with Crippen LogP contribution in [-0.2, 0) is 9.53 Å². The lowest BCUT2D eigenvalue weighted by Gasteiger charge is -2.28. The monoisotopic (exact) mass is 278 g/mol. The third-order valence-corrected chi connectivity index (χ3v) is 3.72. The Morgan fingerprint density at radius 2 is 1.95 bits per heavy atom. The van der Waals surface area contributed by atoms with Crippen LogP contribution in [0.3, 0.4) is 0 Å². The number of nitrogens with zero attached hydrogens (tertiary/aromatic N) is 1. The van der Waals surface area contributed by atoms with Gasteiger partial charge < -0.3 is 10.1 Å². The van der Waals surface area contributed by atoms with Crippen LogP contribution in [0.25, 0.3) is 0 Å². The second-order valence-electron chi connectivity index (χ2n) is 4.99. The molecule has 108 valence electrons. The Balaban J connectivity index is 1.96. The van der Waals surface area contributed by atoms with Gasteiger partial charge in [-0.15, -0.1) is 0 Å². The van der Waals surface area contributed by atoms with Gasteiger partial charge in [-0.3, -0.25) is 14.9 Å². The Labute approximate surface area is 117 Å². The molecule has 20 heavy (non-hydrogen) atoms. The van der Waals surface area contributed by atoms with E-state index < -0.39 is 0 Å². The van der Waals surface area contributed by atoms with Crippen molar-refractivity contribution in [1.29, 1.82) is 0 Å². The lowest BCUT2D eigenvalue weighted by molar-refractivity contribution is -0.384. The summed E-state index contributed by atoms with van der Waals surface area (Å²) in [5.41, 5.74) is 0.626. The van der Waals surface area contributed by atoms with E-state index in [2.05, 4.69) is 5.32 Å². The van der Waals surface area contributed by atoms with Crippen LogP contribution >= 0.6 is 0 Å². The standard InChI is InChI=1S/C14H18N2O4/c1-20-14(17)10-6-8-11(9-7-10)15-12-4-2-3-5-13(12)16(18)19/h2-5,10-11,15H,6-9H2,1H3. The Bertz CT molecular complexity index is 496. The summed E-state index contributed by atoms with van der Waals surface area (Å²) in [5, 5.41) is 14.2. The molecule has 1 aromatic rings. The molecular weight excluding hydrogens is 260 g/mol. The molecule has 1 fully saturated rings. The molecule has 0 bridgehead atoms. The predicted molar refractivity (Wildman–Crippen MR) is 74.5 cm³/mol. The topological polar surface area (TPSA) is 81.5 Å². The summed E-state index contributed by atoms with van der Waals surface area (Å²) >= 11 is 0. The van der Waals surface area contributed by atoms with Crippen molar-refractivity contribution in [2.24, 2.45) is 5.92 Å². The molecule has 1 N–H and O–H groups in total. The molecule has 0 heterocycles. The molecule has 2 rings (SSSR count). The Morgan fingerprint density at radius 1 is 1.30 bits per heavy atom. The number of anilines is 1. The molecule has 1 saturated carbocycles. The first-order valence-corrected chi connectivity index (χ1v) is 6.69. The molecular formula is C14H18N2O4. The molecule has 1 aliphatic rings. The van der Waals surface area contributed by atoms with Gasteiger partial charge in [0.1, 0.15) is 5.69 Å². The van der Waals surface area contributed by atoms with Crippen molar-refractivity contribution in [2.45, 2.75) is 31.7 Å². The minimum Gasteiger partial charge on any atom is -0.469 e. The summed E-state index contributed by atoms with van der Waals surface area (Å²) in [7, 11) is 1.40. The quantitative estimate of drug-likeness (QED) is 0.520. The van der Waals surface area contributed by atoms with E-state index in [-0.39, 0.29) is 28.5 Å². The molecule has 1 aromatic carbocycles. The zero-order valence-electron chi connectivity index (χ0n) is 11.4. The highest BCUT2D eigenvalue weighted by atomic mass is 16.6. The Morgan fingerprint density at radius 3 is 2.55 bits per heavy atom. The molecule has 6 nitrogen and oxygen atoms in total. The third-order valence-electron chi connectivity index (χ3n) is 3.72. The van der Waals surface area contributed by atoms with E-state index in [4.69, 9.17) is 4.74 Å². The maximum Gasteiger partial charge on any atom is 0.308 e. The van der Waals surface area contributed by atoms with Crippen LogP contribution in [0.2, 0.25) is 0 Å². The molecule has 0 aliphatic heterocycles. The highest BCUT2D eigenvalue weighted by molar-refractivity contribution is 5.72. The number of rotatable bonds is 4. The molecule has 0 saturated heterocycles. The first kappa shape index (κ1) is 14.3. The maximum atomic E-state index is 11.4. The second kappa shape index (κ2) is 6.36. The van der Waals surface area contributed by atoms with Crippen LogP contribution in [0.1, 0.15) is 25.7 Å². The smallest absolute Gasteiger partial charge is 0.308 e. The summed E-state index contributed by atoms with van der Waals surface area (Å²) in [6.45, 7) is 0. The minimum absolute atomic E-state index is 0.0381. The molecule has 6 heteroatoms. The normalized spacial score (nSPS) is 22.1. The van der Waals surface area contributed by atoms with Crippen molar-refractivity contribution in [3.05, 3.63) is 34.4 Å². The van der Waals surface area contributed by atoms with Crippen LogP contribution < -0.4 is 5.32 Å². The summed E-state index contributed by atoms with van der Waals surface area (Å²) in [6.07, 6.45) is 3.13. The molecule has 0 amide bonds. The first-order chi connectivity index (χ1) is 9.61. The average molecular weight is 278 g/mol. The first-order valence-electron chi connectivity index (χ1n) is 6.69. The third kappa shape index (κ3) is 3.26. The van der Waals surface area contributed by atoms with Gasteiger partial charge in [-0.2, -0.15) is 0 Å². The van der Waals surface area contributed by atoms with Crippen molar-refractivity contribution in [2.75, 3.05) is 12.4 Å². The summed E-state index contributed by atoms with van der Waals surface area (Å²) in [6, 6.07) is 6.79. The molecule has 0 spiro atoms. The van der Waals surface area contributed by atoms with E-state index in [1.165, 1.54) is 13.2 Å². The van der Waals surface area contributed by atoms with Crippen molar-refractivity contribution in [3.63, 3.8) is 0 Å². The predicted octanol–water partition coefficient (Wildman–Crippen LogP) is 2.74. The maximum absolute atomic E-state index is 11.4. The van der Waals surface area contributed by atoms with E-state index in [0.29, 0.717) is 5.69 Å². The number of benzene rings is 1. The number of nitro benzene ring substituents is 1. The van der Waals surface area contributed by atoms with E-state index in [0.717, 1.165) is 25.7 Å². The number of carbonyl (C=O) groups excluding carboxylic acids is 1. The number of hydrogen-bond acceptors (Lipinski definition) is 5. The average Bonchev–Trinajstić information content (AvgIpc) is 2.47. The van der Waals surface area contributed by atoms with Crippen molar-refractivity contribution in [3.8, 4) is 0 Å². The zero-order chi connectivity index (χ0) is 14.5. The molecule has 0 unspecified atom stereocenters. The summed E-state index contributed by atoms with van der Waals surface area (Å²) in [4.78, 5) is 22.0. The minimum atomic E-state index is -0.386. The van der Waals surface area contributed by atoms with Gasteiger partial charge in [-0.25, -0.2) is 0 Å². The number of nitro groups is 1. The lowest BCUT2D eigenvalue weighted by Crippen LogP contribution is -2.30. The number of hydrogen-bond donors (Lipinski definition) is 1. The highest BCUT2D eigenvalue weighted by Crippen LogP contribution is 2.30. The van der Waals surface area contributed by atoms with Gasteiger partial charge in [0.2, 0.25) is 0 Å². The van der Waals surface area contributed by atoms with Gasteiger partial charge in [-0.05, 0) is 31.7 Å². The van der Waals surface area contributed by atoms with E-state index >= 15 is 0 Å². The van der Waals surface area contributed by atoms with Crippen LogP contribution in [0.4, 0.5) is 11.4 Å². The van der Waals surface area contributed by atoms with E-state index in [1.54, 1.807) is 18.2 Å². The van der Waals surface area contributed by atoms with Gasteiger partial charge in [0, 0.05) is 12.1 Å². The Kier molecular flexibility index (Phi) is 4.55. The van der Waals surface area contributed by atoms with Crippen LogP contribution in [-0.4, -0.2) is 24.0 Å². The fourth-order valence-electron chi connectivity index (χ4n) is 2.61. The highest BCUT2D eigenvalue weighted by Gasteiger charge is 2.27. The van der Waals surface area contributed by atoms with Crippen molar-refractivity contribution >= 4 is 17.3 Å². The number of esters is 1. The zero-order valence-corrected chi connectivity index (χ0v) is 11.4. The van der Waals surface area contributed by atoms with Crippen molar-refractivity contribution < 1.29 is 14.5 Å². The number of methoxy groups -OCH3 is 1. The van der Waals surface area contributed by atoms with Gasteiger partial charge in [0.25, 0.3) is 5.69 Å².